The van der Waals surface area contributed by atoms with Crippen LogP contribution in [-0.2, 0) is 13.0 Å². The molecule has 15 heavy (non-hydrogen) atoms. The molecular weight excluding hydrogens is 192 g/mol. The van der Waals surface area contributed by atoms with E-state index in [1.807, 2.05) is 6.92 Å². The number of piperazine rings is 1. The molecule has 5 nitrogen and oxygen atoms in total. The van der Waals surface area contributed by atoms with Crippen molar-refractivity contribution in [3.63, 3.8) is 0 Å². The highest BCUT2D eigenvalue weighted by molar-refractivity contribution is 4.87. The molecule has 1 aromatic heterocycles. The van der Waals surface area contributed by atoms with Crippen molar-refractivity contribution >= 4 is 0 Å². The van der Waals surface area contributed by atoms with Crippen LogP contribution in [0.2, 0.25) is 0 Å². The second-order valence-electron chi connectivity index (χ2n) is 3.98. The summed E-state index contributed by atoms with van der Waals surface area (Å²) >= 11 is 0. The van der Waals surface area contributed by atoms with E-state index in [9.17, 15) is 0 Å². The molecule has 0 aliphatic carbocycles. The van der Waals surface area contributed by atoms with Gasteiger partial charge in [-0.2, -0.15) is 4.98 Å². The highest BCUT2D eigenvalue weighted by Gasteiger charge is 2.20. The lowest BCUT2D eigenvalue weighted by Gasteiger charge is -2.32. The van der Waals surface area contributed by atoms with Crippen LogP contribution < -0.4 is 5.32 Å². The maximum Gasteiger partial charge on any atom is 0.240 e. The third kappa shape index (κ3) is 2.54. The van der Waals surface area contributed by atoms with Crippen LogP contribution in [0.4, 0.5) is 0 Å². The number of aromatic nitrogens is 2. The zero-order valence-corrected chi connectivity index (χ0v) is 9.36. The number of rotatable bonds is 3. The fourth-order valence-corrected chi connectivity index (χ4v) is 1.79. The van der Waals surface area contributed by atoms with E-state index in [4.69, 9.17) is 4.52 Å². The van der Waals surface area contributed by atoms with Gasteiger partial charge in [0.15, 0.2) is 5.82 Å². The minimum atomic E-state index is 0.538. The third-order valence-corrected chi connectivity index (χ3v) is 2.80. The molecule has 0 radical (unpaired) electrons. The van der Waals surface area contributed by atoms with E-state index < -0.39 is 0 Å². The van der Waals surface area contributed by atoms with E-state index >= 15 is 0 Å². The quantitative estimate of drug-likeness (QED) is 0.784. The van der Waals surface area contributed by atoms with E-state index in [0.29, 0.717) is 6.04 Å². The van der Waals surface area contributed by atoms with Crippen LogP contribution in [0.1, 0.15) is 25.6 Å². The van der Waals surface area contributed by atoms with E-state index in [2.05, 4.69) is 27.3 Å². The van der Waals surface area contributed by atoms with Gasteiger partial charge >= 0.3 is 0 Å². The van der Waals surface area contributed by atoms with Crippen molar-refractivity contribution < 1.29 is 4.52 Å². The van der Waals surface area contributed by atoms with Gasteiger partial charge in [0.25, 0.3) is 0 Å². The van der Waals surface area contributed by atoms with Gasteiger partial charge in [-0.15, -0.1) is 0 Å². The van der Waals surface area contributed by atoms with Crippen molar-refractivity contribution in [3.05, 3.63) is 11.7 Å². The van der Waals surface area contributed by atoms with Crippen LogP contribution in [0.5, 0.6) is 0 Å². The normalized spacial score (nSPS) is 23.2. The average molecular weight is 210 g/mol. The molecule has 2 heterocycles. The summed E-state index contributed by atoms with van der Waals surface area (Å²) in [7, 11) is 0. The van der Waals surface area contributed by atoms with Gasteiger partial charge in [0.1, 0.15) is 0 Å². The summed E-state index contributed by atoms with van der Waals surface area (Å²) in [4.78, 5) is 6.68. The SMILES string of the molecule is CCc1noc(CN2CCNC[C@H]2C)n1. The summed E-state index contributed by atoms with van der Waals surface area (Å²) in [5, 5.41) is 7.26. The van der Waals surface area contributed by atoms with Crippen LogP contribution in [0.25, 0.3) is 0 Å². The van der Waals surface area contributed by atoms with Gasteiger partial charge in [0, 0.05) is 32.1 Å². The molecule has 1 saturated heterocycles. The van der Waals surface area contributed by atoms with Gasteiger partial charge in [-0.05, 0) is 6.92 Å². The Labute approximate surface area is 89.8 Å². The Hall–Kier alpha value is -0.940. The molecule has 0 unspecified atom stereocenters. The standard InChI is InChI=1S/C10H18N4O/c1-3-9-12-10(15-13-9)7-14-5-4-11-6-8(14)2/h8,11H,3-7H2,1-2H3/t8-/m1/s1. The Morgan fingerprint density at radius 3 is 3.13 bits per heavy atom. The summed E-state index contributed by atoms with van der Waals surface area (Å²) < 4.78 is 5.18. The monoisotopic (exact) mass is 210 g/mol. The lowest BCUT2D eigenvalue weighted by Crippen LogP contribution is -2.49. The van der Waals surface area contributed by atoms with Gasteiger partial charge in [0.05, 0.1) is 6.54 Å². The smallest absolute Gasteiger partial charge is 0.240 e. The topological polar surface area (TPSA) is 54.2 Å². The zero-order valence-electron chi connectivity index (χ0n) is 9.36. The summed E-state index contributed by atoms with van der Waals surface area (Å²) in [5.74, 6) is 1.54. The molecule has 0 spiro atoms. The maximum absolute atomic E-state index is 5.18. The molecule has 2 rings (SSSR count). The molecule has 1 aliphatic rings. The average Bonchev–Trinajstić information content (AvgIpc) is 2.69. The first-order valence-electron chi connectivity index (χ1n) is 5.56. The molecule has 1 N–H and O–H groups in total. The predicted octanol–water partition coefficient (Wildman–Crippen LogP) is 0.426. The summed E-state index contributed by atoms with van der Waals surface area (Å²) in [6.45, 7) is 8.14. The Balaban J connectivity index is 1.95. The van der Waals surface area contributed by atoms with Crippen LogP contribution in [0, 0.1) is 0 Å². The van der Waals surface area contributed by atoms with E-state index in [1.165, 1.54) is 0 Å². The molecule has 0 amide bonds. The second kappa shape index (κ2) is 4.72. The van der Waals surface area contributed by atoms with Crippen molar-refractivity contribution in [3.8, 4) is 0 Å². The number of nitrogens with one attached hydrogen (secondary N) is 1. The fraction of sp³-hybridized carbons (Fsp3) is 0.800. The third-order valence-electron chi connectivity index (χ3n) is 2.80. The molecule has 1 aliphatic heterocycles. The highest BCUT2D eigenvalue weighted by atomic mass is 16.5. The molecule has 1 fully saturated rings. The zero-order chi connectivity index (χ0) is 10.7. The first-order chi connectivity index (χ1) is 7.29. The molecule has 84 valence electrons. The van der Waals surface area contributed by atoms with Crippen molar-refractivity contribution in [1.82, 2.24) is 20.4 Å². The minimum absolute atomic E-state index is 0.538. The van der Waals surface area contributed by atoms with Crippen molar-refractivity contribution in [2.75, 3.05) is 19.6 Å². The maximum atomic E-state index is 5.18. The second-order valence-corrected chi connectivity index (χ2v) is 3.98. The molecule has 1 aromatic rings. The lowest BCUT2D eigenvalue weighted by molar-refractivity contribution is 0.146. The lowest BCUT2D eigenvalue weighted by atomic mass is 10.2. The van der Waals surface area contributed by atoms with Gasteiger partial charge in [-0.3, -0.25) is 4.90 Å². The number of aryl methyl sites for hydroxylation is 1. The van der Waals surface area contributed by atoms with Gasteiger partial charge in [-0.25, -0.2) is 0 Å². The Morgan fingerprint density at radius 1 is 1.60 bits per heavy atom. The fourth-order valence-electron chi connectivity index (χ4n) is 1.79. The van der Waals surface area contributed by atoms with Crippen molar-refractivity contribution in [1.29, 1.82) is 0 Å². The first-order valence-corrected chi connectivity index (χ1v) is 5.56. The van der Waals surface area contributed by atoms with Gasteiger partial charge < -0.3 is 9.84 Å². The largest absolute Gasteiger partial charge is 0.338 e. The van der Waals surface area contributed by atoms with Crippen LogP contribution in [0.3, 0.4) is 0 Å². The van der Waals surface area contributed by atoms with Gasteiger partial charge in [0.2, 0.25) is 5.89 Å². The van der Waals surface area contributed by atoms with Crippen LogP contribution >= 0.6 is 0 Å². The molecule has 5 heteroatoms. The van der Waals surface area contributed by atoms with Crippen molar-refractivity contribution in [2.45, 2.75) is 32.9 Å². The molecule has 0 aromatic carbocycles. The summed E-state index contributed by atoms with van der Waals surface area (Å²) in [5.41, 5.74) is 0. The molecule has 0 bridgehead atoms. The number of nitrogens with zero attached hydrogens (tertiary/aromatic N) is 3. The Morgan fingerprint density at radius 2 is 2.47 bits per heavy atom. The van der Waals surface area contributed by atoms with E-state index in [-0.39, 0.29) is 0 Å². The van der Waals surface area contributed by atoms with E-state index in [1.54, 1.807) is 0 Å². The van der Waals surface area contributed by atoms with Crippen LogP contribution in [0.15, 0.2) is 4.52 Å². The Kier molecular flexibility index (Phi) is 3.33. The molecule has 1 atom stereocenters. The van der Waals surface area contributed by atoms with Gasteiger partial charge in [-0.1, -0.05) is 12.1 Å². The van der Waals surface area contributed by atoms with Crippen LogP contribution in [-0.4, -0.2) is 40.7 Å². The number of hydrogen-bond donors (Lipinski definition) is 1. The first kappa shape index (κ1) is 10.6. The Bertz CT molecular complexity index is 312. The highest BCUT2D eigenvalue weighted by Crippen LogP contribution is 2.08. The number of hydrogen-bond acceptors (Lipinski definition) is 5. The summed E-state index contributed by atoms with van der Waals surface area (Å²) in [6.07, 6.45) is 0.834. The molecule has 0 saturated carbocycles. The minimum Gasteiger partial charge on any atom is -0.338 e. The predicted molar refractivity (Wildman–Crippen MR) is 56.4 cm³/mol. The van der Waals surface area contributed by atoms with E-state index in [0.717, 1.165) is 44.3 Å². The summed E-state index contributed by atoms with van der Waals surface area (Å²) in [6, 6.07) is 0.538. The van der Waals surface area contributed by atoms with Crippen molar-refractivity contribution in [2.24, 2.45) is 0 Å². The molecular formula is C10H18N4O.